The number of hydrogen-bond acceptors (Lipinski definition) is 2. The standard InChI is InChI=1S/C20H32O2/c1-12-7-8-14-18-15(9-10-19(12,14)2)20(3)13(11-16(18)21)5-4-6-17(20)22/h11-12,14-18,21-22H,4-10H2,1-3H3/t12?,14-,15+,16?,17?,18-,19+,20-/m0/s1. The van der Waals surface area contributed by atoms with E-state index < -0.39 is 0 Å². The lowest BCUT2D eigenvalue weighted by Crippen LogP contribution is -2.57. The van der Waals surface area contributed by atoms with Gasteiger partial charge in [-0.3, -0.25) is 0 Å². The molecule has 4 aliphatic carbocycles. The third-order valence-corrected chi connectivity index (χ3v) is 8.65. The van der Waals surface area contributed by atoms with Gasteiger partial charge in [-0.15, -0.1) is 0 Å². The topological polar surface area (TPSA) is 40.5 Å². The highest BCUT2D eigenvalue weighted by atomic mass is 16.3. The minimum Gasteiger partial charge on any atom is -0.392 e. The third-order valence-electron chi connectivity index (χ3n) is 8.65. The Hall–Kier alpha value is -0.340. The number of hydrogen-bond donors (Lipinski definition) is 2. The SMILES string of the molecule is CC1CC[C@H]2[C@@H]3C(O)C=C4CCCC(O)[C@]4(C)[C@@H]3CC[C@]12C. The van der Waals surface area contributed by atoms with Crippen LogP contribution in [0.2, 0.25) is 0 Å². The minimum atomic E-state index is -0.284. The average molecular weight is 304 g/mol. The van der Waals surface area contributed by atoms with Gasteiger partial charge < -0.3 is 10.2 Å². The number of aliphatic hydroxyl groups is 2. The van der Waals surface area contributed by atoms with Crippen LogP contribution < -0.4 is 0 Å². The first-order valence-corrected chi connectivity index (χ1v) is 9.46. The molecule has 0 amide bonds. The van der Waals surface area contributed by atoms with Gasteiger partial charge in [0.15, 0.2) is 0 Å². The molecule has 2 heteroatoms. The molecular weight excluding hydrogens is 272 g/mol. The van der Waals surface area contributed by atoms with Crippen LogP contribution in [-0.4, -0.2) is 22.4 Å². The van der Waals surface area contributed by atoms with Gasteiger partial charge in [0.1, 0.15) is 0 Å². The van der Waals surface area contributed by atoms with Crippen molar-refractivity contribution >= 4 is 0 Å². The van der Waals surface area contributed by atoms with Crippen molar-refractivity contribution in [3.63, 3.8) is 0 Å². The lowest BCUT2D eigenvalue weighted by atomic mass is 9.46. The van der Waals surface area contributed by atoms with Crippen LogP contribution in [0.3, 0.4) is 0 Å². The maximum atomic E-state index is 10.9. The molecule has 0 saturated heterocycles. The van der Waals surface area contributed by atoms with E-state index in [1.807, 2.05) is 0 Å². The molecule has 4 rings (SSSR count). The Bertz CT molecular complexity index is 498. The van der Waals surface area contributed by atoms with E-state index in [4.69, 9.17) is 0 Å². The summed E-state index contributed by atoms with van der Waals surface area (Å²) in [5, 5.41) is 21.8. The van der Waals surface area contributed by atoms with Crippen molar-refractivity contribution in [2.75, 3.05) is 0 Å². The van der Waals surface area contributed by atoms with Crippen molar-refractivity contribution in [3.8, 4) is 0 Å². The normalized spacial score (nSPS) is 57.6. The fraction of sp³-hybridized carbons (Fsp3) is 0.900. The second-order valence-corrected chi connectivity index (χ2v) is 9.19. The van der Waals surface area contributed by atoms with Crippen molar-refractivity contribution in [2.24, 2.45) is 34.5 Å². The summed E-state index contributed by atoms with van der Waals surface area (Å²) < 4.78 is 0. The Morgan fingerprint density at radius 2 is 1.82 bits per heavy atom. The molecule has 0 heterocycles. The largest absolute Gasteiger partial charge is 0.392 e. The monoisotopic (exact) mass is 304 g/mol. The molecule has 0 aromatic heterocycles. The van der Waals surface area contributed by atoms with E-state index >= 15 is 0 Å². The second kappa shape index (κ2) is 4.83. The predicted molar refractivity (Wildman–Crippen MR) is 88.3 cm³/mol. The molecule has 22 heavy (non-hydrogen) atoms. The lowest BCUT2D eigenvalue weighted by Gasteiger charge is -2.59. The van der Waals surface area contributed by atoms with E-state index in [0.717, 1.165) is 25.2 Å². The van der Waals surface area contributed by atoms with Gasteiger partial charge in [-0.1, -0.05) is 32.4 Å². The van der Waals surface area contributed by atoms with Gasteiger partial charge in [0.05, 0.1) is 12.2 Å². The Kier molecular flexibility index (Phi) is 3.34. The van der Waals surface area contributed by atoms with Gasteiger partial charge in [-0.25, -0.2) is 0 Å². The Balaban J connectivity index is 1.77. The van der Waals surface area contributed by atoms with E-state index in [9.17, 15) is 10.2 Å². The molecule has 0 aliphatic heterocycles. The van der Waals surface area contributed by atoms with Crippen LogP contribution in [0.25, 0.3) is 0 Å². The van der Waals surface area contributed by atoms with Crippen LogP contribution >= 0.6 is 0 Å². The fourth-order valence-electron chi connectivity index (χ4n) is 6.97. The van der Waals surface area contributed by atoms with Crippen molar-refractivity contribution in [3.05, 3.63) is 11.6 Å². The molecule has 4 aliphatic rings. The summed E-state index contributed by atoms with van der Waals surface area (Å²) in [5.41, 5.74) is 1.69. The highest BCUT2D eigenvalue weighted by Crippen LogP contribution is 2.66. The smallest absolute Gasteiger partial charge is 0.0757 e. The number of fused-ring (bicyclic) bond motifs is 5. The summed E-state index contributed by atoms with van der Waals surface area (Å²) in [7, 11) is 0. The van der Waals surface area contributed by atoms with Gasteiger partial charge >= 0.3 is 0 Å². The quantitative estimate of drug-likeness (QED) is 0.666. The third kappa shape index (κ3) is 1.74. The Morgan fingerprint density at radius 1 is 1.05 bits per heavy atom. The highest BCUT2D eigenvalue weighted by molar-refractivity contribution is 5.28. The molecule has 0 radical (unpaired) electrons. The highest BCUT2D eigenvalue weighted by Gasteiger charge is 2.61. The molecule has 3 fully saturated rings. The van der Waals surface area contributed by atoms with E-state index in [2.05, 4.69) is 26.8 Å². The summed E-state index contributed by atoms with van der Waals surface area (Å²) in [6.07, 6.45) is 9.79. The molecule has 3 unspecified atom stereocenters. The molecule has 2 nitrogen and oxygen atoms in total. The zero-order chi connectivity index (χ0) is 15.7. The van der Waals surface area contributed by atoms with Crippen molar-refractivity contribution in [1.29, 1.82) is 0 Å². The second-order valence-electron chi connectivity index (χ2n) is 9.19. The van der Waals surface area contributed by atoms with Crippen LogP contribution in [0.4, 0.5) is 0 Å². The van der Waals surface area contributed by atoms with Gasteiger partial charge in [0.25, 0.3) is 0 Å². The van der Waals surface area contributed by atoms with Crippen LogP contribution in [-0.2, 0) is 0 Å². The molecule has 0 aromatic rings. The number of rotatable bonds is 0. The summed E-state index contributed by atoms with van der Waals surface area (Å²) in [6.45, 7) is 7.18. The molecule has 0 spiro atoms. The van der Waals surface area contributed by atoms with Gasteiger partial charge in [0, 0.05) is 5.41 Å². The molecule has 124 valence electrons. The summed E-state index contributed by atoms with van der Waals surface area (Å²) in [5.74, 6) is 2.26. The zero-order valence-corrected chi connectivity index (χ0v) is 14.4. The maximum Gasteiger partial charge on any atom is 0.0757 e. The van der Waals surface area contributed by atoms with Crippen LogP contribution in [0.15, 0.2) is 11.6 Å². The minimum absolute atomic E-state index is 0.0741. The molecule has 3 saturated carbocycles. The predicted octanol–water partition coefficient (Wildman–Crippen LogP) is 3.92. The van der Waals surface area contributed by atoms with Crippen molar-refractivity contribution in [1.82, 2.24) is 0 Å². The fourth-order valence-corrected chi connectivity index (χ4v) is 6.97. The Morgan fingerprint density at radius 3 is 2.59 bits per heavy atom. The van der Waals surface area contributed by atoms with Crippen molar-refractivity contribution in [2.45, 2.75) is 77.9 Å². The first-order chi connectivity index (χ1) is 10.4. The van der Waals surface area contributed by atoms with Crippen molar-refractivity contribution < 1.29 is 10.2 Å². The van der Waals surface area contributed by atoms with E-state index in [1.54, 1.807) is 0 Å². The maximum absolute atomic E-state index is 10.9. The molecule has 8 atom stereocenters. The van der Waals surface area contributed by atoms with Crippen LogP contribution in [0.1, 0.15) is 65.7 Å². The molecule has 2 N–H and O–H groups in total. The van der Waals surface area contributed by atoms with E-state index in [-0.39, 0.29) is 17.6 Å². The van der Waals surface area contributed by atoms with E-state index in [1.165, 1.54) is 31.3 Å². The Labute approximate surface area is 135 Å². The molecule has 0 aromatic carbocycles. The van der Waals surface area contributed by atoms with Gasteiger partial charge in [0.2, 0.25) is 0 Å². The van der Waals surface area contributed by atoms with Crippen LogP contribution in [0.5, 0.6) is 0 Å². The lowest BCUT2D eigenvalue weighted by molar-refractivity contribution is -0.119. The summed E-state index contributed by atoms with van der Waals surface area (Å²) in [4.78, 5) is 0. The first kappa shape index (κ1) is 15.2. The van der Waals surface area contributed by atoms with Gasteiger partial charge in [-0.2, -0.15) is 0 Å². The summed E-state index contributed by atoms with van der Waals surface area (Å²) in [6, 6.07) is 0. The van der Waals surface area contributed by atoms with Gasteiger partial charge in [-0.05, 0) is 74.0 Å². The average Bonchev–Trinajstić information content (AvgIpc) is 2.78. The molecular formula is C20H32O2. The number of aliphatic hydroxyl groups excluding tert-OH is 2. The van der Waals surface area contributed by atoms with Crippen LogP contribution in [0, 0.1) is 34.5 Å². The molecule has 0 bridgehead atoms. The van der Waals surface area contributed by atoms with E-state index in [0.29, 0.717) is 23.2 Å². The zero-order valence-electron chi connectivity index (χ0n) is 14.4. The first-order valence-electron chi connectivity index (χ1n) is 9.46. The summed E-state index contributed by atoms with van der Waals surface area (Å²) >= 11 is 0.